The summed E-state index contributed by atoms with van der Waals surface area (Å²) in [4.78, 5) is 12.0. The van der Waals surface area contributed by atoms with E-state index in [1.165, 1.54) is 22.5 Å². The van der Waals surface area contributed by atoms with Gasteiger partial charge >= 0.3 is 0 Å². The third kappa shape index (κ3) is 2.90. The van der Waals surface area contributed by atoms with Crippen LogP contribution in [0.3, 0.4) is 0 Å². The Bertz CT molecular complexity index is 685. The van der Waals surface area contributed by atoms with Gasteiger partial charge in [0.2, 0.25) is 15.9 Å². The van der Waals surface area contributed by atoms with Crippen LogP contribution >= 0.6 is 11.6 Å². The molecule has 5 nitrogen and oxygen atoms in total. The molecule has 1 aliphatic heterocycles. The zero-order valence-corrected chi connectivity index (χ0v) is 12.6. The minimum atomic E-state index is -3.20. The van der Waals surface area contributed by atoms with Gasteiger partial charge in [0.15, 0.2) is 0 Å². The first-order chi connectivity index (χ1) is 9.88. The molecule has 3 rings (SSSR count). The molecule has 1 heterocycles. The predicted octanol–water partition coefficient (Wildman–Crippen LogP) is 1.84. The lowest BCUT2D eigenvalue weighted by Crippen LogP contribution is -2.55. The van der Waals surface area contributed by atoms with Crippen LogP contribution in [0.4, 0.5) is 10.1 Å². The minimum Gasteiger partial charge on any atom is -0.326 e. The van der Waals surface area contributed by atoms with Gasteiger partial charge < -0.3 is 5.32 Å². The van der Waals surface area contributed by atoms with Gasteiger partial charge in [0.25, 0.3) is 0 Å². The Morgan fingerprint density at radius 3 is 2.57 bits per heavy atom. The molecule has 8 heteroatoms. The van der Waals surface area contributed by atoms with Gasteiger partial charge in [-0.1, -0.05) is 11.6 Å². The Morgan fingerprint density at radius 2 is 2.00 bits per heavy atom. The first-order valence-corrected chi connectivity index (χ1v) is 8.51. The van der Waals surface area contributed by atoms with E-state index in [4.69, 9.17) is 11.6 Å². The Kier molecular flexibility index (Phi) is 3.67. The minimum absolute atomic E-state index is 0.0700. The average Bonchev–Trinajstić information content (AvgIpc) is 3.15. The highest BCUT2D eigenvalue weighted by Crippen LogP contribution is 2.34. The summed E-state index contributed by atoms with van der Waals surface area (Å²) in [5, 5.41) is 2.29. The molecule has 1 aromatic rings. The summed E-state index contributed by atoms with van der Waals surface area (Å²) in [5.74, 6) is -1.21. The van der Waals surface area contributed by atoms with E-state index in [1.54, 1.807) is 0 Å². The van der Waals surface area contributed by atoms with E-state index in [2.05, 4.69) is 5.32 Å². The van der Waals surface area contributed by atoms with Crippen LogP contribution in [-0.4, -0.2) is 37.0 Å². The number of carbonyl (C=O) groups excluding carboxylic acids is 1. The number of nitrogens with one attached hydrogen (secondary N) is 1. The number of benzene rings is 1. The molecule has 1 saturated heterocycles. The van der Waals surface area contributed by atoms with E-state index in [0.717, 1.165) is 0 Å². The van der Waals surface area contributed by atoms with Crippen molar-refractivity contribution in [2.45, 2.75) is 18.1 Å². The number of sulfonamides is 1. The van der Waals surface area contributed by atoms with Crippen LogP contribution in [0.25, 0.3) is 0 Å². The highest BCUT2D eigenvalue weighted by molar-refractivity contribution is 7.90. The van der Waals surface area contributed by atoms with Crippen LogP contribution in [0.15, 0.2) is 18.2 Å². The maximum absolute atomic E-state index is 13.0. The van der Waals surface area contributed by atoms with Crippen molar-refractivity contribution in [2.75, 3.05) is 18.4 Å². The third-order valence-electron chi connectivity index (χ3n) is 3.71. The number of nitrogens with zero attached hydrogens (tertiary/aromatic N) is 1. The fourth-order valence-corrected chi connectivity index (χ4v) is 4.32. The summed E-state index contributed by atoms with van der Waals surface area (Å²) in [5.41, 5.74) is 0.398. The van der Waals surface area contributed by atoms with Crippen molar-refractivity contribution in [1.29, 1.82) is 0 Å². The lowest BCUT2D eigenvalue weighted by molar-refractivity contribution is -0.122. The highest BCUT2D eigenvalue weighted by atomic mass is 35.5. The predicted molar refractivity (Wildman–Crippen MR) is 77.0 cm³/mol. The molecule has 0 unspecified atom stereocenters. The largest absolute Gasteiger partial charge is 0.326 e. The fraction of sp³-hybridized carbons (Fsp3) is 0.462. The van der Waals surface area contributed by atoms with Gasteiger partial charge in [-0.3, -0.25) is 4.79 Å². The van der Waals surface area contributed by atoms with Crippen molar-refractivity contribution in [1.82, 2.24) is 4.31 Å². The molecule has 0 radical (unpaired) electrons. The topological polar surface area (TPSA) is 66.5 Å². The summed E-state index contributed by atoms with van der Waals surface area (Å²) in [7, 11) is -3.20. The molecule has 21 heavy (non-hydrogen) atoms. The van der Waals surface area contributed by atoms with Gasteiger partial charge in [0.1, 0.15) is 5.82 Å². The van der Waals surface area contributed by atoms with Crippen LogP contribution in [0, 0.1) is 11.7 Å². The van der Waals surface area contributed by atoms with Gasteiger partial charge in [-0.15, -0.1) is 0 Å². The van der Waals surface area contributed by atoms with Crippen LogP contribution in [0.2, 0.25) is 5.02 Å². The smallest absolute Gasteiger partial charge is 0.230 e. The van der Waals surface area contributed by atoms with Crippen molar-refractivity contribution < 1.29 is 17.6 Å². The molecule has 2 fully saturated rings. The Balaban J connectivity index is 1.57. The molecule has 1 aliphatic carbocycles. The standard InChI is InChI=1S/C13H14ClFN2O3S/c14-11-5-9(1-4-12(11)15)16-13(18)8-6-17(7-8)21(19,20)10-2-3-10/h1,4-5,8,10H,2-3,6-7H2,(H,16,18). The van der Waals surface area contributed by atoms with Gasteiger partial charge in [-0.05, 0) is 31.0 Å². The van der Waals surface area contributed by atoms with Crippen molar-refractivity contribution in [3.05, 3.63) is 29.0 Å². The lowest BCUT2D eigenvalue weighted by Gasteiger charge is -2.37. The molecule has 2 aliphatic rings. The third-order valence-corrected chi connectivity index (χ3v) is 6.33. The number of rotatable bonds is 4. The number of anilines is 1. The number of carbonyl (C=O) groups is 1. The molecule has 1 amide bonds. The number of halogens is 2. The summed E-state index contributed by atoms with van der Waals surface area (Å²) in [6.07, 6.45) is 1.42. The van der Waals surface area contributed by atoms with E-state index in [1.807, 2.05) is 0 Å². The van der Waals surface area contributed by atoms with Crippen molar-refractivity contribution in [3.63, 3.8) is 0 Å². The highest BCUT2D eigenvalue weighted by Gasteiger charge is 2.46. The van der Waals surface area contributed by atoms with Crippen LogP contribution in [0.1, 0.15) is 12.8 Å². The van der Waals surface area contributed by atoms with Gasteiger partial charge in [0.05, 0.1) is 16.2 Å². The molecular weight excluding hydrogens is 319 g/mol. The van der Waals surface area contributed by atoms with Crippen LogP contribution < -0.4 is 5.32 Å². The van der Waals surface area contributed by atoms with Crippen LogP contribution in [0.5, 0.6) is 0 Å². The van der Waals surface area contributed by atoms with E-state index < -0.39 is 15.8 Å². The number of amides is 1. The molecule has 1 saturated carbocycles. The molecule has 114 valence electrons. The maximum atomic E-state index is 13.0. The van der Waals surface area contributed by atoms with E-state index in [0.29, 0.717) is 18.5 Å². The van der Waals surface area contributed by atoms with Gasteiger partial charge in [-0.2, -0.15) is 4.31 Å². The molecule has 0 atom stereocenters. The van der Waals surface area contributed by atoms with Gasteiger partial charge in [0, 0.05) is 18.8 Å². The molecule has 0 aromatic heterocycles. The van der Waals surface area contributed by atoms with E-state index in [9.17, 15) is 17.6 Å². The average molecular weight is 333 g/mol. The Morgan fingerprint density at radius 1 is 1.33 bits per heavy atom. The summed E-state index contributed by atoms with van der Waals surface area (Å²) in [6, 6.07) is 3.91. The first-order valence-electron chi connectivity index (χ1n) is 6.63. The second-order valence-corrected chi connectivity index (χ2v) is 8.00. The monoisotopic (exact) mass is 332 g/mol. The van der Waals surface area contributed by atoms with Crippen molar-refractivity contribution >= 4 is 33.2 Å². The summed E-state index contributed by atoms with van der Waals surface area (Å²) in [6.45, 7) is 0.416. The normalized spacial score (nSPS) is 20.1. The Hall–Kier alpha value is -1.18. The van der Waals surface area contributed by atoms with E-state index in [-0.39, 0.29) is 35.2 Å². The van der Waals surface area contributed by atoms with Gasteiger partial charge in [-0.25, -0.2) is 12.8 Å². The quantitative estimate of drug-likeness (QED) is 0.915. The lowest BCUT2D eigenvalue weighted by atomic mass is 10.0. The number of hydrogen-bond acceptors (Lipinski definition) is 3. The first kappa shape index (κ1) is 14.7. The summed E-state index contributed by atoms with van der Waals surface area (Å²) >= 11 is 5.64. The zero-order chi connectivity index (χ0) is 15.2. The fourth-order valence-electron chi connectivity index (χ4n) is 2.21. The van der Waals surface area contributed by atoms with Crippen molar-refractivity contribution in [2.24, 2.45) is 5.92 Å². The summed E-state index contributed by atoms with van der Waals surface area (Å²) < 4.78 is 38.2. The SMILES string of the molecule is O=C(Nc1ccc(F)c(Cl)c1)C1CN(S(=O)(=O)C2CC2)C1. The molecule has 0 spiro atoms. The molecular formula is C13H14ClFN2O3S. The molecule has 1 N–H and O–H groups in total. The Labute approximate surface area is 127 Å². The second kappa shape index (κ2) is 5.23. The molecule has 1 aromatic carbocycles. The second-order valence-electron chi connectivity index (χ2n) is 5.38. The van der Waals surface area contributed by atoms with Crippen LogP contribution in [-0.2, 0) is 14.8 Å². The van der Waals surface area contributed by atoms with E-state index >= 15 is 0 Å². The van der Waals surface area contributed by atoms with Crippen molar-refractivity contribution in [3.8, 4) is 0 Å². The number of hydrogen-bond donors (Lipinski definition) is 1. The zero-order valence-electron chi connectivity index (χ0n) is 11.1. The molecule has 0 bridgehead atoms. The maximum Gasteiger partial charge on any atom is 0.230 e.